The van der Waals surface area contributed by atoms with Gasteiger partial charge in [0.15, 0.2) is 0 Å². The first-order valence-corrected chi connectivity index (χ1v) is 7.64. The first kappa shape index (κ1) is 14.8. The molecule has 2 aromatic rings. The molecule has 0 spiro atoms. The van der Waals surface area contributed by atoms with Gasteiger partial charge in [0.05, 0.1) is 22.5 Å². The number of hydrogen-bond acceptors (Lipinski definition) is 2. The highest BCUT2D eigenvalue weighted by Gasteiger charge is 2.17. The Kier molecular flexibility index (Phi) is 4.86. The summed E-state index contributed by atoms with van der Waals surface area (Å²) in [5.74, 6) is 0. The summed E-state index contributed by atoms with van der Waals surface area (Å²) in [6.45, 7) is 4.65. The topological polar surface area (TPSA) is 38.0 Å². The van der Waals surface area contributed by atoms with Crippen LogP contribution in [0, 0.1) is 10.5 Å². The number of aryl methyl sites for hydroxylation is 2. The van der Waals surface area contributed by atoms with Gasteiger partial charge >= 0.3 is 0 Å². The number of nitrogens with zero attached hydrogens (tertiary/aromatic N) is 2. The predicted molar refractivity (Wildman–Crippen MR) is 85.5 cm³/mol. The molecule has 5 heteroatoms. The SMILES string of the molecule is CCn1nc(C)c(Cl)c1CC(O)c1cccc(I)c1. The second-order valence-corrected chi connectivity index (χ2v) is 6.06. The average Bonchev–Trinajstić information content (AvgIpc) is 2.66. The normalized spacial score (nSPS) is 12.7. The van der Waals surface area contributed by atoms with Crippen molar-refractivity contribution in [2.45, 2.75) is 32.9 Å². The second kappa shape index (κ2) is 6.24. The van der Waals surface area contributed by atoms with Gasteiger partial charge in [-0.1, -0.05) is 23.7 Å². The van der Waals surface area contributed by atoms with Gasteiger partial charge in [-0.15, -0.1) is 0 Å². The van der Waals surface area contributed by atoms with Crippen molar-refractivity contribution in [3.63, 3.8) is 0 Å². The number of hydrogen-bond donors (Lipinski definition) is 1. The van der Waals surface area contributed by atoms with Crippen molar-refractivity contribution in [2.24, 2.45) is 0 Å². The third kappa shape index (κ3) is 3.30. The van der Waals surface area contributed by atoms with Crippen LogP contribution in [-0.2, 0) is 13.0 Å². The third-order valence-corrected chi connectivity index (χ3v) is 4.24. The fraction of sp³-hybridized carbons (Fsp3) is 0.357. The minimum Gasteiger partial charge on any atom is -0.388 e. The zero-order valence-corrected chi connectivity index (χ0v) is 13.8. The van der Waals surface area contributed by atoms with Crippen molar-refractivity contribution in [2.75, 3.05) is 0 Å². The first-order chi connectivity index (χ1) is 9.02. The molecule has 1 aromatic heterocycles. The maximum atomic E-state index is 10.3. The standard InChI is InChI=1S/C14H16ClIN2O/c1-3-18-12(14(15)9(2)17-18)8-13(19)10-5-4-6-11(16)7-10/h4-7,13,19H,3,8H2,1-2H3. The van der Waals surface area contributed by atoms with Crippen LogP contribution < -0.4 is 0 Å². The van der Waals surface area contributed by atoms with Crippen molar-refractivity contribution >= 4 is 34.2 Å². The molecule has 0 amide bonds. The van der Waals surface area contributed by atoms with Gasteiger partial charge in [-0.25, -0.2) is 0 Å². The molecule has 1 atom stereocenters. The van der Waals surface area contributed by atoms with Gasteiger partial charge in [-0.2, -0.15) is 5.10 Å². The van der Waals surface area contributed by atoms with Crippen LogP contribution in [0.4, 0.5) is 0 Å². The van der Waals surface area contributed by atoms with Gasteiger partial charge in [0.1, 0.15) is 0 Å². The van der Waals surface area contributed by atoms with Crippen LogP contribution in [-0.4, -0.2) is 14.9 Å². The Morgan fingerprint density at radius 1 is 1.47 bits per heavy atom. The fourth-order valence-electron chi connectivity index (χ4n) is 2.08. The van der Waals surface area contributed by atoms with Gasteiger partial charge in [-0.05, 0) is 54.1 Å². The van der Waals surface area contributed by atoms with E-state index in [4.69, 9.17) is 11.6 Å². The number of aromatic nitrogens is 2. The van der Waals surface area contributed by atoms with Crippen LogP contribution in [0.25, 0.3) is 0 Å². The molecule has 1 aromatic carbocycles. The highest BCUT2D eigenvalue weighted by atomic mass is 127. The number of halogens is 2. The lowest BCUT2D eigenvalue weighted by Crippen LogP contribution is -2.09. The molecule has 0 saturated heterocycles. The van der Waals surface area contributed by atoms with Crippen LogP contribution in [0.1, 0.15) is 30.0 Å². The molecule has 0 fully saturated rings. The molecule has 0 aliphatic carbocycles. The van der Waals surface area contributed by atoms with Crippen LogP contribution in [0.3, 0.4) is 0 Å². The molecule has 1 N–H and O–H groups in total. The van der Waals surface area contributed by atoms with E-state index < -0.39 is 6.10 Å². The smallest absolute Gasteiger partial charge is 0.0848 e. The van der Waals surface area contributed by atoms with Gasteiger partial charge in [-0.3, -0.25) is 4.68 Å². The lowest BCUT2D eigenvalue weighted by Gasteiger charge is -2.13. The summed E-state index contributed by atoms with van der Waals surface area (Å²) in [5, 5.41) is 15.4. The van der Waals surface area contributed by atoms with Crippen LogP contribution in [0.15, 0.2) is 24.3 Å². The van der Waals surface area contributed by atoms with E-state index in [2.05, 4.69) is 27.7 Å². The van der Waals surface area contributed by atoms with Gasteiger partial charge < -0.3 is 5.11 Å². The van der Waals surface area contributed by atoms with E-state index in [1.807, 2.05) is 42.8 Å². The van der Waals surface area contributed by atoms with E-state index in [0.29, 0.717) is 11.4 Å². The Labute approximate surface area is 131 Å². The summed E-state index contributed by atoms with van der Waals surface area (Å²) in [6, 6.07) is 7.87. The molecule has 19 heavy (non-hydrogen) atoms. The van der Waals surface area contributed by atoms with Crippen LogP contribution >= 0.6 is 34.2 Å². The molecule has 1 unspecified atom stereocenters. The van der Waals surface area contributed by atoms with E-state index >= 15 is 0 Å². The predicted octanol–water partition coefficient (Wildman–Crippen LogP) is 3.75. The molecule has 2 rings (SSSR count). The molecule has 102 valence electrons. The third-order valence-electron chi connectivity index (χ3n) is 3.07. The summed E-state index contributed by atoms with van der Waals surface area (Å²) in [4.78, 5) is 0. The Bertz CT molecular complexity index is 583. The Morgan fingerprint density at radius 2 is 2.21 bits per heavy atom. The van der Waals surface area contributed by atoms with E-state index in [-0.39, 0.29) is 0 Å². The van der Waals surface area contributed by atoms with Gasteiger partial charge in [0.2, 0.25) is 0 Å². The maximum absolute atomic E-state index is 10.3. The molecule has 0 bridgehead atoms. The largest absolute Gasteiger partial charge is 0.388 e. The van der Waals surface area contributed by atoms with E-state index in [0.717, 1.165) is 27.1 Å². The zero-order valence-electron chi connectivity index (χ0n) is 10.9. The molecule has 0 radical (unpaired) electrons. The van der Waals surface area contributed by atoms with Crippen molar-refractivity contribution in [1.29, 1.82) is 0 Å². The van der Waals surface area contributed by atoms with Gasteiger partial charge in [0.25, 0.3) is 0 Å². The minimum absolute atomic E-state index is 0.480. The van der Waals surface area contributed by atoms with Crippen molar-refractivity contribution in [1.82, 2.24) is 9.78 Å². The number of rotatable bonds is 4. The summed E-state index contributed by atoms with van der Waals surface area (Å²) in [6.07, 6.45) is -0.0817. The van der Waals surface area contributed by atoms with Crippen molar-refractivity contribution < 1.29 is 5.11 Å². The van der Waals surface area contributed by atoms with E-state index in [9.17, 15) is 5.11 Å². The maximum Gasteiger partial charge on any atom is 0.0848 e. The van der Waals surface area contributed by atoms with Crippen molar-refractivity contribution in [3.05, 3.63) is 49.8 Å². The molecule has 0 aliphatic heterocycles. The Balaban J connectivity index is 2.26. The summed E-state index contributed by atoms with van der Waals surface area (Å²) in [5.41, 5.74) is 2.62. The summed E-state index contributed by atoms with van der Waals surface area (Å²) < 4.78 is 2.97. The van der Waals surface area contributed by atoms with Gasteiger partial charge in [0, 0.05) is 16.5 Å². The molecule has 3 nitrogen and oxygen atoms in total. The van der Waals surface area contributed by atoms with E-state index in [1.54, 1.807) is 0 Å². The average molecular weight is 391 g/mol. The van der Waals surface area contributed by atoms with Crippen LogP contribution in [0.5, 0.6) is 0 Å². The highest BCUT2D eigenvalue weighted by molar-refractivity contribution is 14.1. The number of aliphatic hydroxyl groups excluding tert-OH is 1. The van der Waals surface area contributed by atoms with Crippen LogP contribution in [0.2, 0.25) is 5.02 Å². The number of aliphatic hydroxyl groups is 1. The molecular formula is C14H16ClIN2O. The monoisotopic (exact) mass is 390 g/mol. The first-order valence-electron chi connectivity index (χ1n) is 6.18. The summed E-state index contributed by atoms with van der Waals surface area (Å²) in [7, 11) is 0. The fourth-order valence-corrected chi connectivity index (χ4v) is 2.86. The Morgan fingerprint density at radius 3 is 2.84 bits per heavy atom. The molecule has 1 heterocycles. The lowest BCUT2D eigenvalue weighted by molar-refractivity contribution is 0.175. The lowest BCUT2D eigenvalue weighted by atomic mass is 10.0. The molecular weight excluding hydrogens is 375 g/mol. The quantitative estimate of drug-likeness (QED) is 0.808. The highest BCUT2D eigenvalue weighted by Crippen LogP contribution is 2.26. The molecule has 0 saturated carbocycles. The second-order valence-electron chi connectivity index (χ2n) is 4.44. The zero-order chi connectivity index (χ0) is 14.0. The Hall–Kier alpha value is -0.590. The minimum atomic E-state index is -0.561. The number of benzene rings is 1. The summed E-state index contributed by atoms with van der Waals surface area (Å²) >= 11 is 8.50. The van der Waals surface area contributed by atoms with E-state index in [1.165, 1.54) is 0 Å². The molecule has 0 aliphatic rings. The van der Waals surface area contributed by atoms with Crippen molar-refractivity contribution in [3.8, 4) is 0 Å².